The summed E-state index contributed by atoms with van der Waals surface area (Å²) in [6.07, 6.45) is 1.54. The van der Waals surface area contributed by atoms with Crippen molar-refractivity contribution in [3.8, 4) is 0 Å². The molecule has 2 heterocycles. The van der Waals surface area contributed by atoms with Crippen LogP contribution in [-0.4, -0.2) is 22.6 Å². The molecule has 1 aromatic heterocycles. The normalized spacial score (nSPS) is 16.1. The second-order valence-corrected chi connectivity index (χ2v) is 4.39. The number of fused-ring (bicyclic) bond motifs is 1. The Balaban J connectivity index is 2.07. The highest BCUT2D eigenvalue weighted by Gasteiger charge is 2.18. The van der Waals surface area contributed by atoms with Crippen LogP contribution in [0.4, 0.5) is 4.39 Å². The molecular weight excluding hydrogens is 221 g/mol. The van der Waals surface area contributed by atoms with E-state index in [0.717, 1.165) is 13.1 Å². The van der Waals surface area contributed by atoms with Crippen LogP contribution in [0.1, 0.15) is 0 Å². The number of hydrogen-bond donors (Lipinski definition) is 1. The van der Waals surface area contributed by atoms with Crippen molar-refractivity contribution in [2.24, 2.45) is 5.92 Å². The molecular formula is C12H12FN3O. The fourth-order valence-electron chi connectivity index (χ4n) is 2.02. The van der Waals surface area contributed by atoms with Gasteiger partial charge in [0.25, 0.3) is 5.56 Å². The maximum absolute atomic E-state index is 13.1. The number of benzene rings is 1. The molecule has 2 aromatic rings. The summed E-state index contributed by atoms with van der Waals surface area (Å²) in [7, 11) is 0. The molecule has 0 bridgehead atoms. The molecule has 1 saturated heterocycles. The summed E-state index contributed by atoms with van der Waals surface area (Å²) < 4.78 is 14.7. The molecule has 88 valence electrons. The molecule has 0 radical (unpaired) electrons. The first-order valence-corrected chi connectivity index (χ1v) is 5.59. The Hall–Kier alpha value is -1.75. The van der Waals surface area contributed by atoms with Crippen LogP contribution >= 0.6 is 0 Å². The minimum absolute atomic E-state index is 0.165. The quantitative estimate of drug-likeness (QED) is 0.832. The zero-order chi connectivity index (χ0) is 11.8. The van der Waals surface area contributed by atoms with Gasteiger partial charge in [-0.2, -0.15) is 0 Å². The van der Waals surface area contributed by atoms with Crippen LogP contribution in [0.2, 0.25) is 0 Å². The van der Waals surface area contributed by atoms with Crippen LogP contribution in [0.5, 0.6) is 0 Å². The van der Waals surface area contributed by atoms with Crippen molar-refractivity contribution in [2.75, 3.05) is 13.1 Å². The molecule has 0 unspecified atom stereocenters. The van der Waals surface area contributed by atoms with Crippen molar-refractivity contribution in [3.05, 3.63) is 40.7 Å². The maximum atomic E-state index is 13.1. The fourth-order valence-corrected chi connectivity index (χ4v) is 2.02. The average Bonchev–Trinajstić information content (AvgIpc) is 2.27. The van der Waals surface area contributed by atoms with E-state index < -0.39 is 5.82 Å². The predicted octanol–water partition coefficient (Wildman–Crippen LogP) is 0.755. The van der Waals surface area contributed by atoms with E-state index in [1.807, 2.05) is 0 Å². The van der Waals surface area contributed by atoms with Crippen molar-refractivity contribution >= 4 is 10.9 Å². The van der Waals surface area contributed by atoms with E-state index in [1.165, 1.54) is 18.2 Å². The summed E-state index contributed by atoms with van der Waals surface area (Å²) in [5.74, 6) is 0.0694. The van der Waals surface area contributed by atoms with Crippen molar-refractivity contribution in [1.82, 2.24) is 14.9 Å². The lowest BCUT2D eigenvalue weighted by atomic mass is 10.0. The Kier molecular flexibility index (Phi) is 2.40. The Morgan fingerprint density at radius 1 is 1.47 bits per heavy atom. The van der Waals surface area contributed by atoms with Crippen molar-refractivity contribution < 1.29 is 4.39 Å². The van der Waals surface area contributed by atoms with Gasteiger partial charge in [0.05, 0.1) is 17.2 Å². The van der Waals surface area contributed by atoms with E-state index in [2.05, 4.69) is 10.3 Å². The maximum Gasteiger partial charge on any atom is 0.261 e. The standard InChI is InChI=1S/C12H12FN3O/c13-9-1-2-11-10(3-9)12(17)16(7-15-11)6-8-4-14-5-8/h1-3,7-8,14H,4-6H2. The van der Waals surface area contributed by atoms with Gasteiger partial charge in [0.1, 0.15) is 5.82 Å². The number of rotatable bonds is 2. The molecule has 17 heavy (non-hydrogen) atoms. The SMILES string of the molecule is O=c1c2cc(F)ccc2ncn1CC1CNC1. The van der Waals surface area contributed by atoms with Gasteiger partial charge in [0.15, 0.2) is 0 Å². The first-order valence-electron chi connectivity index (χ1n) is 5.59. The van der Waals surface area contributed by atoms with Crippen LogP contribution in [-0.2, 0) is 6.54 Å². The average molecular weight is 233 g/mol. The Morgan fingerprint density at radius 2 is 2.29 bits per heavy atom. The molecule has 3 rings (SSSR count). The lowest BCUT2D eigenvalue weighted by Crippen LogP contribution is -2.45. The molecule has 1 N–H and O–H groups in total. The Morgan fingerprint density at radius 3 is 3.00 bits per heavy atom. The molecule has 1 fully saturated rings. The predicted molar refractivity (Wildman–Crippen MR) is 62.3 cm³/mol. The third-order valence-corrected chi connectivity index (χ3v) is 3.11. The molecule has 4 nitrogen and oxygen atoms in total. The van der Waals surface area contributed by atoms with Crippen molar-refractivity contribution in [2.45, 2.75) is 6.54 Å². The summed E-state index contributed by atoms with van der Waals surface area (Å²) in [4.78, 5) is 16.3. The number of nitrogens with one attached hydrogen (secondary N) is 1. The largest absolute Gasteiger partial charge is 0.316 e. The van der Waals surface area contributed by atoms with Gasteiger partial charge >= 0.3 is 0 Å². The molecule has 0 amide bonds. The molecule has 0 atom stereocenters. The molecule has 1 aliphatic rings. The zero-order valence-electron chi connectivity index (χ0n) is 9.19. The number of hydrogen-bond acceptors (Lipinski definition) is 3. The highest BCUT2D eigenvalue weighted by Crippen LogP contribution is 2.10. The third-order valence-electron chi connectivity index (χ3n) is 3.11. The minimum Gasteiger partial charge on any atom is -0.316 e. The molecule has 1 aliphatic heterocycles. The fraction of sp³-hybridized carbons (Fsp3) is 0.333. The molecule has 0 aliphatic carbocycles. The monoisotopic (exact) mass is 233 g/mol. The number of halogens is 1. The summed E-state index contributed by atoms with van der Waals surface area (Å²) in [5, 5.41) is 3.50. The zero-order valence-corrected chi connectivity index (χ0v) is 9.19. The van der Waals surface area contributed by atoms with E-state index >= 15 is 0 Å². The van der Waals surface area contributed by atoms with Gasteiger partial charge in [-0.15, -0.1) is 0 Å². The first-order chi connectivity index (χ1) is 8.24. The van der Waals surface area contributed by atoms with Crippen LogP contribution in [0.25, 0.3) is 10.9 Å². The van der Waals surface area contributed by atoms with Gasteiger partial charge in [0, 0.05) is 25.6 Å². The van der Waals surface area contributed by atoms with Crippen LogP contribution < -0.4 is 10.9 Å². The van der Waals surface area contributed by atoms with E-state index in [0.29, 0.717) is 23.4 Å². The van der Waals surface area contributed by atoms with E-state index in [9.17, 15) is 9.18 Å². The first kappa shape index (κ1) is 10.4. The van der Waals surface area contributed by atoms with Gasteiger partial charge in [-0.1, -0.05) is 0 Å². The highest BCUT2D eigenvalue weighted by atomic mass is 19.1. The van der Waals surface area contributed by atoms with Gasteiger partial charge < -0.3 is 5.32 Å². The van der Waals surface area contributed by atoms with Gasteiger partial charge in [-0.05, 0) is 18.2 Å². The van der Waals surface area contributed by atoms with Crippen molar-refractivity contribution in [1.29, 1.82) is 0 Å². The number of aromatic nitrogens is 2. The van der Waals surface area contributed by atoms with E-state index in [1.54, 1.807) is 10.9 Å². The highest BCUT2D eigenvalue weighted by molar-refractivity contribution is 5.77. The van der Waals surface area contributed by atoms with Crippen LogP contribution in [0.15, 0.2) is 29.3 Å². The van der Waals surface area contributed by atoms with Crippen LogP contribution in [0.3, 0.4) is 0 Å². The van der Waals surface area contributed by atoms with Gasteiger partial charge in [-0.3, -0.25) is 9.36 Å². The Bertz CT molecular complexity index is 619. The van der Waals surface area contributed by atoms with Gasteiger partial charge in [0.2, 0.25) is 0 Å². The van der Waals surface area contributed by atoms with Crippen LogP contribution in [0, 0.1) is 11.7 Å². The second-order valence-electron chi connectivity index (χ2n) is 4.39. The van der Waals surface area contributed by atoms with E-state index in [-0.39, 0.29) is 5.56 Å². The van der Waals surface area contributed by atoms with E-state index in [4.69, 9.17) is 0 Å². The summed E-state index contributed by atoms with van der Waals surface area (Å²) in [6, 6.07) is 4.09. The van der Waals surface area contributed by atoms with Gasteiger partial charge in [-0.25, -0.2) is 9.37 Å². The Labute approximate surface area is 97.1 Å². The lowest BCUT2D eigenvalue weighted by molar-refractivity contribution is 0.303. The summed E-state index contributed by atoms with van der Waals surface area (Å²) in [5.41, 5.74) is 0.376. The molecule has 5 heteroatoms. The summed E-state index contributed by atoms with van der Waals surface area (Å²) >= 11 is 0. The minimum atomic E-state index is -0.403. The number of nitrogens with zero attached hydrogens (tertiary/aromatic N) is 2. The third kappa shape index (κ3) is 1.82. The lowest BCUT2D eigenvalue weighted by Gasteiger charge is -2.27. The summed E-state index contributed by atoms with van der Waals surface area (Å²) in [6.45, 7) is 2.49. The smallest absolute Gasteiger partial charge is 0.261 e. The van der Waals surface area contributed by atoms with Crippen molar-refractivity contribution in [3.63, 3.8) is 0 Å². The molecule has 0 saturated carbocycles. The second kappa shape index (κ2) is 3.92. The topological polar surface area (TPSA) is 46.9 Å². The molecule has 1 aromatic carbocycles. The molecule has 0 spiro atoms.